The first-order valence-electron chi connectivity index (χ1n) is 7.55. The number of benzene rings is 1. The van der Waals surface area contributed by atoms with Crippen LogP contribution in [-0.4, -0.2) is 35.5 Å². The number of aryl methyl sites for hydroxylation is 1. The summed E-state index contributed by atoms with van der Waals surface area (Å²) in [5.74, 6) is -1.66. The molecule has 0 atom stereocenters. The van der Waals surface area contributed by atoms with E-state index in [4.69, 9.17) is 5.11 Å². The summed E-state index contributed by atoms with van der Waals surface area (Å²) in [5, 5.41) is 9.23. The number of imidazole rings is 1. The number of rotatable bonds is 5. The van der Waals surface area contributed by atoms with Crippen LogP contribution in [0.25, 0.3) is 11.2 Å². The molecule has 0 spiro atoms. The van der Waals surface area contributed by atoms with Crippen molar-refractivity contribution in [1.82, 2.24) is 18.7 Å². The van der Waals surface area contributed by atoms with Gasteiger partial charge in [0.25, 0.3) is 5.56 Å². The number of aromatic nitrogens is 4. The van der Waals surface area contributed by atoms with Crippen molar-refractivity contribution in [2.24, 2.45) is 14.1 Å². The molecule has 0 aliphatic carbocycles. The van der Waals surface area contributed by atoms with Crippen LogP contribution in [0.15, 0.2) is 39.0 Å². The van der Waals surface area contributed by atoms with E-state index in [1.54, 1.807) is 16.7 Å². The van der Waals surface area contributed by atoms with Crippen molar-refractivity contribution in [3.05, 3.63) is 56.5 Å². The minimum absolute atomic E-state index is 0.0737. The Labute approximate surface area is 150 Å². The largest absolute Gasteiger partial charge is 0.481 e. The van der Waals surface area contributed by atoms with Gasteiger partial charge in [-0.25, -0.2) is 14.2 Å². The first-order chi connectivity index (χ1) is 12.3. The Morgan fingerprint density at radius 1 is 1.19 bits per heavy atom. The van der Waals surface area contributed by atoms with E-state index in [0.29, 0.717) is 5.16 Å². The van der Waals surface area contributed by atoms with E-state index in [0.717, 1.165) is 21.9 Å². The highest BCUT2D eigenvalue weighted by molar-refractivity contribution is 7.99. The summed E-state index contributed by atoms with van der Waals surface area (Å²) in [6.45, 7) is 0.208. The first kappa shape index (κ1) is 17.9. The van der Waals surface area contributed by atoms with E-state index in [9.17, 15) is 18.8 Å². The van der Waals surface area contributed by atoms with E-state index >= 15 is 0 Å². The molecule has 0 aliphatic heterocycles. The third-order valence-electron chi connectivity index (χ3n) is 3.88. The minimum atomic E-state index is -1.03. The van der Waals surface area contributed by atoms with Gasteiger partial charge in [0, 0.05) is 14.1 Å². The van der Waals surface area contributed by atoms with Crippen LogP contribution in [0.2, 0.25) is 0 Å². The summed E-state index contributed by atoms with van der Waals surface area (Å²) in [4.78, 5) is 39.8. The van der Waals surface area contributed by atoms with Gasteiger partial charge in [-0.1, -0.05) is 23.9 Å². The molecule has 0 aliphatic rings. The molecule has 8 nitrogen and oxygen atoms in total. The second-order valence-corrected chi connectivity index (χ2v) is 6.61. The number of carbonyl (C=O) groups is 1. The van der Waals surface area contributed by atoms with Crippen LogP contribution in [0.3, 0.4) is 0 Å². The van der Waals surface area contributed by atoms with Gasteiger partial charge in [-0.15, -0.1) is 0 Å². The molecule has 0 fully saturated rings. The molecule has 26 heavy (non-hydrogen) atoms. The molecule has 2 heterocycles. The van der Waals surface area contributed by atoms with Gasteiger partial charge >= 0.3 is 11.7 Å². The van der Waals surface area contributed by atoms with E-state index in [1.807, 2.05) is 0 Å². The average Bonchev–Trinajstić information content (AvgIpc) is 2.96. The summed E-state index contributed by atoms with van der Waals surface area (Å²) in [6, 6.07) is 5.76. The Bertz CT molecular complexity index is 1110. The fourth-order valence-corrected chi connectivity index (χ4v) is 3.34. The molecule has 0 saturated carbocycles. The molecule has 0 amide bonds. The minimum Gasteiger partial charge on any atom is -0.481 e. The lowest BCUT2D eigenvalue weighted by Gasteiger charge is -2.11. The van der Waals surface area contributed by atoms with E-state index < -0.39 is 17.2 Å². The SMILES string of the molecule is Cn1c(=O)c2nc(SCC(=O)O)n(Cc3ccc(F)cc3)c2n(C)c1=O. The predicted molar refractivity (Wildman–Crippen MR) is 94.1 cm³/mol. The lowest BCUT2D eigenvalue weighted by Crippen LogP contribution is -2.37. The molecule has 0 saturated heterocycles. The fraction of sp³-hybridized carbons (Fsp3) is 0.250. The van der Waals surface area contributed by atoms with Crippen molar-refractivity contribution in [2.45, 2.75) is 11.7 Å². The molecule has 0 unspecified atom stereocenters. The Morgan fingerprint density at radius 2 is 1.85 bits per heavy atom. The van der Waals surface area contributed by atoms with Crippen LogP contribution in [0.4, 0.5) is 4.39 Å². The number of fused-ring (bicyclic) bond motifs is 1. The summed E-state index contributed by atoms with van der Waals surface area (Å²) in [7, 11) is 2.87. The normalized spacial score (nSPS) is 11.2. The standard InChI is InChI=1S/C16H15FN4O4S/c1-19-13-12(14(24)20(2)16(19)25)18-15(26-8-11(22)23)21(13)7-9-3-5-10(17)6-4-9/h3-6H,7-8H2,1-2H3,(H,22,23). The molecule has 0 bridgehead atoms. The maximum atomic E-state index is 13.1. The lowest BCUT2D eigenvalue weighted by atomic mass is 10.2. The highest BCUT2D eigenvalue weighted by Gasteiger charge is 2.20. The number of nitrogens with zero attached hydrogens (tertiary/aromatic N) is 4. The quantitative estimate of drug-likeness (QED) is 0.660. The van der Waals surface area contributed by atoms with Crippen molar-refractivity contribution in [2.75, 3.05) is 5.75 Å². The molecule has 1 N–H and O–H groups in total. The van der Waals surface area contributed by atoms with Gasteiger partial charge in [-0.3, -0.25) is 18.7 Å². The predicted octanol–water partition coefficient (Wildman–Crippen LogP) is 0.798. The zero-order valence-electron chi connectivity index (χ0n) is 14.0. The second-order valence-electron chi connectivity index (χ2n) is 5.67. The van der Waals surface area contributed by atoms with E-state index in [1.165, 1.54) is 30.8 Å². The van der Waals surface area contributed by atoms with Gasteiger partial charge in [-0.05, 0) is 17.7 Å². The Balaban J connectivity index is 2.23. The second kappa shape index (κ2) is 6.79. The smallest absolute Gasteiger partial charge is 0.332 e. The van der Waals surface area contributed by atoms with E-state index in [2.05, 4.69) is 4.98 Å². The Hall–Kier alpha value is -2.88. The zero-order valence-corrected chi connectivity index (χ0v) is 14.8. The number of carboxylic acid groups (broad SMARTS) is 1. The number of hydrogen-bond acceptors (Lipinski definition) is 5. The third kappa shape index (κ3) is 3.15. The topological polar surface area (TPSA) is 99.1 Å². The van der Waals surface area contributed by atoms with Crippen LogP contribution >= 0.6 is 11.8 Å². The van der Waals surface area contributed by atoms with Crippen molar-refractivity contribution >= 4 is 28.9 Å². The van der Waals surface area contributed by atoms with Crippen molar-refractivity contribution < 1.29 is 14.3 Å². The van der Waals surface area contributed by atoms with Gasteiger partial charge in [-0.2, -0.15) is 0 Å². The highest BCUT2D eigenvalue weighted by atomic mass is 32.2. The molecule has 3 aromatic rings. The van der Waals surface area contributed by atoms with Crippen LogP contribution in [0.5, 0.6) is 0 Å². The molecule has 2 aromatic heterocycles. The first-order valence-corrected chi connectivity index (χ1v) is 8.53. The molecule has 10 heteroatoms. The summed E-state index contributed by atoms with van der Waals surface area (Å²) in [6.07, 6.45) is 0. The number of thioether (sulfide) groups is 1. The van der Waals surface area contributed by atoms with Crippen LogP contribution < -0.4 is 11.2 Å². The number of hydrogen-bond donors (Lipinski definition) is 1. The Kier molecular flexibility index (Phi) is 4.68. The van der Waals surface area contributed by atoms with Gasteiger partial charge < -0.3 is 9.67 Å². The molecular formula is C16H15FN4O4S. The maximum absolute atomic E-state index is 13.1. The van der Waals surface area contributed by atoms with Crippen molar-refractivity contribution in [1.29, 1.82) is 0 Å². The molecule has 3 rings (SSSR count). The Morgan fingerprint density at radius 3 is 2.46 bits per heavy atom. The summed E-state index contributed by atoms with van der Waals surface area (Å²) in [5.41, 5.74) is 0.00610. The van der Waals surface area contributed by atoms with Gasteiger partial charge in [0.15, 0.2) is 16.3 Å². The number of carboxylic acids is 1. The lowest BCUT2D eigenvalue weighted by molar-refractivity contribution is -0.133. The molecule has 1 aromatic carbocycles. The zero-order chi connectivity index (χ0) is 19.0. The monoisotopic (exact) mass is 378 g/mol. The van der Waals surface area contributed by atoms with Crippen LogP contribution in [0, 0.1) is 5.82 Å². The van der Waals surface area contributed by atoms with Gasteiger partial charge in [0.05, 0.1) is 12.3 Å². The van der Waals surface area contributed by atoms with Crippen molar-refractivity contribution in [3.63, 3.8) is 0 Å². The van der Waals surface area contributed by atoms with Crippen LogP contribution in [0.1, 0.15) is 5.56 Å². The summed E-state index contributed by atoms with van der Waals surface area (Å²) < 4.78 is 17.0. The third-order valence-corrected chi connectivity index (χ3v) is 4.84. The average molecular weight is 378 g/mol. The summed E-state index contributed by atoms with van der Waals surface area (Å²) >= 11 is 0.947. The highest BCUT2D eigenvalue weighted by Crippen LogP contribution is 2.23. The number of aliphatic carboxylic acids is 1. The van der Waals surface area contributed by atoms with Gasteiger partial charge in [0.2, 0.25) is 0 Å². The maximum Gasteiger partial charge on any atom is 0.332 e. The molecule has 0 radical (unpaired) electrons. The van der Waals surface area contributed by atoms with E-state index in [-0.39, 0.29) is 29.3 Å². The van der Waals surface area contributed by atoms with Crippen molar-refractivity contribution in [3.8, 4) is 0 Å². The van der Waals surface area contributed by atoms with Crippen LogP contribution in [-0.2, 0) is 25.4 Å². The molecule has 136 valence electrons. The van der Waals surface area contributed by atoms with Gasteiger partial charge in [0.1, 0.15) is 5.82 Å². The molecular weight excluding hydrogens is 363 g/mol. The number of halogens is 1. The fourth-order valence-electron chi connectivity index (χ4n) is 2.62.